The van der Waals surface area contributed by atoms with E-state index in [0.29, 0.717) is 13.1 Å². The number of nitrogens with two attached hydrogens (primary N) is 1. The van der Waals surface area contributed by atoms with Gasteiger partial charge in [-0.3, -0.25) is 9.79 Å². The van der Waals surface area contributed by atoms with Crippen molar-refractivity contribution in [3.8, 4) is 10.6 Å². The lowest BCUT2D eigenvalue weighted by Gasteiger charge is -2.01. The molecule has 0 fully saturated rings. The van der Waals surface area contributed by atoms with Gasteiger partial charge in [0.25, 0.3) is 5.91 Å². The van der Waals surface area contributed by atoms with Crippen LogP contribution in [0, 0.1) is 0 Å². The third kappa shape index (κ3) is 4.49. The first-order chi connectivity index (χ1) is 10.7. The van der Waals surface area contributed by atoms with Crippen molar-refractivity contribution in [1.82, 2.24) is 15.5 Å². The molecule has 0 spiro atoms. The van der Waals surface area contributed by atoms with E-state index in [1.165, 1.54) is 23.6 Å². The van der Waals surface area contributed by atoms with Crippen LogP contribution in [0.3, 0.4) is 0 Å². The zero-order valence-electron chi connectivity index (χ0n) is 12.2. The first kappa shape index (κ1) is 15.8. The average Bonchev–Trinajstić information content (AvgIpc) is 3.02. The van der Waals surface area contributed by atoms with Crippen LogP contribution in [0.4, 0.5) is 0 Å². The van der Waals surface area contributed by atoms with Gasteiger partial charge in [-0.25, -0.2) is 0 Å². The van der Waals surface area contributed by atoms with E-state index in [4.69, 9.17) is 5.73 Å². The van der Waals surface area contributed by atoms with Crippen molar-refractivity contribution in [2.75, 3.05) is 6.54 Å². The number of carbonyl (C=O) groups excluding carboxylic acids is 1. The number of nitrogens with one attached hydrogen (secondary N) is 1. The zero-order chi connectivity index (χ0) is 15.8. The molecule has 0 unspecified atom stereocenters. The molecule has 1 aromatic heterocycles. The summed E-state index contributed by atoms with van der Waals surface area (Å²) in [7, 11) is 0. The summed E-state index contributed by atoms with van der Waals surface area (Å²) >= 11 is 1.44. The first-order valence-corrected chi connectivity index (χ1v) is 7.64. The molecule has 2 rings (SSSR count). The van der Waals surface area contributed by atoms with Gasteiger partial charge in [0.2, 0.25) is 0 Å². The summed E-state index contributed by atoms with van der Waals surface area (Å²) < 4.78 is 0. The van der Waals surface area contributed by atoms with E-state index in [1.807, 2.05) is 37.3 Å². The molecule has 0 saturated carbocycles. The highest BCUT2D eigenvalue weighted by Crippen LogP contribution is 2.22. The van der Waals surface area contributed by atoms with Gasteiger partial charge in [0, 0.05) is 18.3 Å². The van der Waals surface area contributed by atoms with Gasteiger partial charge in [-0.05, 0) is 13.0 Å². The van der Waals surface area contributed by atoms with Crippen LogP contribution in [-0.2, 0) is 11.3 Å². The fourth-order valence-corrected chi connectivity index (χ4v) is 2.38. The molecule has 0 aliphatic rings. The normalized spacial score (nSPS) is 11.8. The lowest BCUT2D eigenvalue weighted by molar-refractivity contribution is -0.117. The molecule has 2 aromatic rings. The minimum atomic E-state index is -0.348. The standard InChI is InChI=1S/C15H17N5OS/c1-2-17-9-8-12(16)14(21)18-10-13-19-20-15(22-13)11-6-4-3-5-7-11/h3-9H,2,10,16H2,1H3,(H,18,21)/b12-8-,17-9?. The van der Waals surface area contributed by atoms with Gasteiger partial charge in [0.15, 0.2) is 0 Å². The van der Waals surface area contributed by atoms with Crippen molar-refractivity contribution in [3.05, 3.63) is 47.1 Å². The Balaban J connectivity index is 1.93. The van der Waals surface area contributed by atoms with E-state index in [0.717, 1.165) is 15.6 Å². The van der Waals surface area contributed by atoms with Crippen LogP contribution in [0.5, 0.6) is 0 Å². The summed E-state index contributed by atoms with van der Waals surface area (Å²) in [6.45, 7) is 2.85. The SMILES string of the molecule is CCN=C/C=C(\N)C(=O)NCc1nnc(-c2ccccc2)s1. The van der Waals surface area contributed by atoms with E-state index in [1.54, 1.807) is 0 Å². The quantitative estimate of drug-likeness (QED) is 0.627. The first-order valence-electron chi connectivity index (χ1n) is 6.82. The van der Waals surface area contributed by atoms with Crippen LogP contribution in [-0.4, -0.2) is 28.9 Å². The maximum absolute atomic E-state index is 11.8. The van der Waals surface area contributed by atoms with Gasteiger partial charge in [-0.1, -0.05) is 41.7 Å². The van der Waals surface area contributed by atoms with Crippen molar-refractivity contribution in [1.29, 1.82) is 0 Å². The number of hydrogen-bond donors (Lipinski definition) is 2. The molecule has 22 heavy (non-hydrogen) atoms. The predicted molar refractivity (Wildman–Crippen MR) is 88.5 cm³/mol. The molecule has 0 atom stereocenters. The Morgan fingerprint density at radius 1 is 1.36 bits per heavy atom. The smallest absolute Gasteiger partial charge is 0.267 e. The van der Waals surface area contributed by atoms with Crippen LogP contribution in [0.1, 0.15) is 11.9 Å². The maximum Gasteiger partial charge on any atom is 0.267 e. The summed E-state index contributed by atoms with van der Waals surface area (Å²) in [5.74, 6) is -0.348. The molecule has 3 N–H and O–H groups in total. The molecular formula is C15H17N5OS. The summed E-state index contributed by atoms with van der Waals surface area (Å²) in [5.41, 5.74) is 6.77. The molecule has 0 bridgehead atoms. The van der Waals surface area contributed by atoms with E-state index in [-0.39, 0.29) is 11.6 Å². The number of hydrogen-bond acceptors (Lipinski definition) is 6. The van der Waals surface area contributed by atoms with Crippen molar-refractivity contribution in [2.45, 2.75) is 13.5 Å². The number of amides is 1. The van der Waals surface area contributed by atoms with Gasteiger partial charge < -0.3 is 11.1 Å². The molecule has 114 valence electrons. The zero-order valence-corrected chi connectivity index (χ0v) is 13.0. The topological polar surface area (TPSA) is 93.3 Å². The number of aliphatic imine (C=N–C) groups is 1. The Bertz CT molecular complexity index is 678. The Morgan fingerprint density at radius 2 is 2.14 bits per heavy atom. The highest BCUT2D eigenvalue weighted by Gasteiger charge is 2.09. The monoisotopic (exact) mass is 315 g/mol. The molecule has 6 nitrogen and oxygen atoms in total. The molecule has 1 aromatic carbocycles. The Kier molecular flexibility index (Phi) is 5.79. The van der Waals surface area contributed by atoms with Crippen molar-refractivity contribution >= 4 is 23.5 Å². The van der Waals surface area contributed by atoms with Crippen LogP contribution in [0.2, 0.25) is 0 Å². The van der Waals surface area contributed by atoms with Crippen LogP contribution in [0.15, 0.2) is 47.1 Å². The fourth-order valence-electron chi connectivity index (χ4n) is 1.59. The third-order valence-electron chi connectivity index (χ3n) is 2.69. The van der Waals surface area contributed by atoms with Crippen LogP contribution in [0.25, 0.3) is 10.6 Å². The second kappa shape index (κ2) is 8.04. The largest absolute Gasteiger partial charge is 0.394 e. The molecule has 0 aliphatic heterocycles. The van der Waals surface area contributed by atoms with Crippen LogP contribution < -0.4 is 11.1 Å². The highest BCUT2D eigenvalue weighted by molar-refractivity contribution is 7.14. The summed E-state index contributed by atoms with van der Waals surface area (Å²) in [6.07, 6.45) is 3.00. The maximum atomic E-state index is 11.8. The van der Waals surface area contributed by atoms with Gasteiger partial charge in [-0.2, -0.15) is 0 Å². The number of nitrogens with zero attached hydrogens (tertiary/aromatic N) is 3. The van der Waals surface area contributed by atoms with Crippen molar-refractivity contribution in [2.24, 2.45) is 10.7 Å². The number of allylic oxidation sites excluding steroid dienone is 1. The number of carbonyl (C=O) groups is 1. The van der Waals surface area contributed by atoms with E-state index in [9.17, 15) is 4.79 Å². The molecular weight excluding hydrogens is 298 g/mol. The minimum absolute atomic E-state index is 0.116. The van der Waals surface area contributed by atoms with Gasteiger partial charge >= 0.3 is 0 Å². The van der Waals surface area contributed by atoms with Gasteiger partial charge in [0.1, 0.15) is 10.0 Å². The minimum Gasteiger partial charge on any atom is -0.394 e. The lowest BCUT2D eigenvalue weighted by Crippen LogP contribution is -2.28. The molecule has 7 heteroatoms. The predicted octanol–water partition coefficient (Wildman–Crippen LogP) is 1.75. The second-order valence-corrected chi connectivity index (χ2v) is 5.38. The summed E-state index contributed by atoms with van der Waals surface area (Å²) in [4.78, 5) is 15.7. The molecule has 1 amide bonds. The second-order valence-electron chi connectivity index (χ2n) is 4.32. The molecule has 0 saturated heterocycles. The van der Waals surface area contributed by atoms with Gasteiger partial charge in [0.05, 0.1) is 12.2 Å². The molecule has 1 heterocycles. The number of rotatable bonds is 6. The van der Waals surface area contributed by atoms with Crippen molar-refractivity contribution < 1.29 is 4.79 Å². The fraction of sp³-hybridized carbons (Fsp3) is 0.200. The molecule has 0 aliphatic carbocycles. The summed E-state index contributed by atoms with van der Waals surface area (Å²) in [5, 5.41) is 12.4. The average molecular weight is 315 g/mol. The van der Waals surface area contributed by atoms with E-state index in [2.05, 4.69) is 20.5 Å². The lowest BCUT2D eigenvalue weighted by atomic mass is 10.2. The molecule has 0 radical (unpaired) electrons. The van der Waals surface area contributed by atoms with Gasteiger partial charge in [-0.15, -0.1) is 10.2 Å². The highest BCUT2D eigenvalue weighted by atomic mass is 32.1. The van der Waals surface area contributed by atoms with Crippen molar-refractivity contribution in [3.63, 3.8) is 0 Å². The third-order valence-corrected chi connectivity index (χ3v) is 3.66. The number of aromatic nitrogens is 2. The number of benzene rings is 1. The Hall–Kier alpha value is -2.54. The Morgan fingerprint density at radius 3 is 2.86 bits per heavy atom. The summed E-state index contributed by atoms with van der Waals surface area (Å²) in [6, 6.07) is 9.78. The van der Waals surface area contributed by atoms with E-state index >= 15 is 0 Å². The Labute approximate surface area is 132 Å². The van der Waals surface area contributed by atoms with Crippen LogP contribution >= 0.6 is 11.3 Å². The van der Waals surface area contributed by atoms with E-state index < -0.39 is 0 Å².